The highest BCUT2D eigenvalue weighted by molar-refractivity contribution is 6.54. The third-order valence-electron chi connectivity index (χ3n) is 2.10. The predicted molar refractivity (Wildman–Crippen MR) is 68.5 cm³/mol. The third-order valence-corrected chi connectivity index (χ3v) is 2.48. The van der Waals surface area contributed by atoms with Crippen LogP contribution in [0.3, 0.4) is 0 Å². The molecule has 0 saturated heterocycles. The van der Waals surface area contributed by atoms with Gasteiger partial charge in [0.1, 0.15) is 5.75 Å². The Morgan fingerprint density at radius 2 is 1.89 bits per heavy atom. The van der Waals surface area contributed by atoms with Gasteiger partial charge in [0.05, 0.1) is 0 Å². The minimum atomic E-state index is -1.13. The number of ether oxygens (including phenoxy) is 1. The van der Waals surface area contributed by atoms with E-state index in [0.29, 0.717) is 11.4 Å². The predicted octanol–water partition coefficient (Wildman–Crippen LogP) is 1.92. The Labute approximate surface area is 114 Å². The summed E-state index contributed by atoms with van der Waals surface area (Å²) >= 11 is 10.9. The summed E-state index contributed by atoms with van der Waals surface area (Å²) in [7, 11) is 1.53. The number of alkyl halides is 2. The number of hydrogen-bond donors (Lipinski definition) is 1. The number of carboxylic acids is 1. The molecule has 0 aliphatic rings. The van der Waals surface area contributed by atoms with Crippen molar-refractivity contribution in [2.45, 2.75) is 4.84 Å². The van der Waals surface area contributed by atoms with Gasteiger partial charge in [0.2, 0.25) is 0 Å². The van der Waals surface area contributed by atoms with Crippen LogP contribution >= 0.6 is 23.2 Å². The molecule has 1 amide bonds. The van der Waals surface area contributed by atoms with Crippen molar-refractivity contribution >= 4 is 40.8 Å². The molecule has 0 unspecified atom stereocenters. The molecule has 18 heavy (non-hydrogen) atoms. The maximum Gasteiger partial charge on any atom is 0.341 e. The van der Waals surface area contributed by atoms with E-state index >= 15 is 0 Å². The van der Waals surface area contributed by atoms with E-state index in [2.05, 4.69) is 0 Å². The Hall–Kier alpha value is -1.46. The van der Waals surface area contributed by atoms with Crippen molar-refractivity contribution in [2.75, 3.05) is 18.6 Å². The highest BCUT2D eigenvalue weighted by Crippen LogP contribution is 2.20. The minimum Gasteiger partial charge on any atom is -0.482 e. The molecule has 0 atom stereocenters. The molecule has 0 bridgehead atoms. The van der Waals surface area contributed by atoms with Gasteiger partial charge in [-0.15, -0.1) is 0 Å². The summed E-state index contributed by atoms with van der Waals surface area (Å²) in [5.74, 6) is -1.11. The first-order valence-corrected chi connectivity index (χ1v) is 5.79. The molecule has 0 radical (unpaired) electrons. The molecular formula is C11H11Cl2NO4. The van der Waals surface area contributed by atoms with E-state index in [1.165, 1.54) is 11.9 Å². The van der Waals surface area contributed by atoms with Gasteiger partial charge >= 0.3 is 5.97 Å². The second-order valence-corrected chi connectivity index (χ2v) is 4.47. The lowest BCUT2D eigenvalue weighted by Gasteiger charge is -2.18. The van der Waals surface area contributed by atoms with Gasteiger partial charge in [-0.3, -0.25) is 4.79 Å². The van der Waals surface area contributed by atoms with Crippen LogP contribution in [0.15, 0.2) is 24.3 Å². The SMILES string of the molecule is CN(C(=O)C(Cl)Cl)c1ccc(OCC(=O)O)cc1. The molecule has 1 aromatic rings. The smallest absolute Gasteiger partial charge is 0.341 e. The molecule has 0 spiro atoms. The average Bonchev–Trinajstić information content (AvgIpc) is 2.35. The number of carboxylic acid groups (broad SMARTS) is 1. The number of amides is 1. The van der Waals surface area contributed by atoms with Crippen LogP contribution in [0.25, 0.3) is 0 Å². The van der Waals surface area contributed by atoms with Crippen LogP contribution in [0, 0.1) is 0 Å². The highest BCUT2D eigenvalue weighted by atomic mass is 35.5. The maximum atomic E-state index is 11.5. The van der Waals surface area contributed by atoms with E-state index in [0.717, 1.165) is 0 Å². The molecular weight excluding hydrogens is 281 g/mol. The lowest BCUT2D eigenvalue weighted by molar-refractivity contribution is -0.139. The normalized spacial score (nSPS) is 10.2. The molecule has 98 valence electrons. The number of anilines is 1. The van der Waals surface area contributed by atoms with Crippen LogP contribution in [0.2, 0.25) is 0 Å². The van der Waals surface area contributed by atoms with Gasteiger partial charge in [-0.25, -0.2) is 4.79 Å². The van der Waals surface area contributed by atoms with Crippen LogP contribution in [0.4, 0.5) is 5.69 Å². The molecule has 1 N–H and O–H groups in total. The zero-order valence-corrected chi connectivity index (χ0v) is 11.0. The number of rotatable bonds is 5. The Morgan fingerprint density at radius 3 is 2.33 bits per heavy atom. The van der Waals surface area contributed by atoms with Gasteiger partial charge in [-0.1, -0.05) is 23.2 Å². The van der Waals surface area contributed by atoms with Crippen molar-refractivity contribution in [3.63, 3.8) is 0 Å². The Bertz CT molecular complexity index is 433. The number of carbonyl (C=O) groups is 2. The standard InChI is InChI=1S/C11H11Cl2NO4/c1-14(11(17)10(12)13)7-2-4-8(5-3-7)18-6-9(15)16/h2-5,10H,6H2,1H3,(H,15,16). The Kier molecular flexibility index (Phi) is 5.25. The summed E-state index contributed by atoms with van der Waals surface area (Å²) in [6.45, 7) is -0.417. The first-order valence-electron chi connectivity index (χ1n) is 4.92. The Balaban J connectivity index is 2.70. The van der Waals surface area contributed by atoms with Gasteiger partial charge < -0.3 is 14.7 Å². The second kappa shape index (κ2) is 6.47. The van der Waals surface area contributed by atoms with E-state index in [1.807, 2.05) is 0 Å². The molecule has 1 aromatic carbocycles. The molecule has 0 aliphatic carbocycles. The molecule has 0 aromatic heterocycles. The highest BCUT2D eigenvalue weighted by Gasteiger charge is 2.17. The molecule has 0 fully saturated rings. The number of halogens is 2. The van der Waals surface area contributed by atoms with Gasteiger partial charge in [-0.2, -0.15) is 0 Å². The molecule has 0 aliphatic heterocycles. The summed E-state index contributed by atoms with van der Waals surface area (Å²) in [4.78, 5) is 22.0. The number of hydrogen-bond acceptors (Lipinski definition) is 3. The molecule has 5 nitrogen and oxygen atoms in total. The fourth-order valence-electron chi connectivity index (χ4n) is 1.18. The summed E-state index contributed by atoms with van der Waals surface area (Å²) in [5.41, 5.74) is 0.578. The third kappa shape index (κ3) is 4.09. The number of carbonyl (C=O) groups excluding carboxylic acids is 1. The molecule has 7 heteroatoms. The van der Waals surface area contributed by atoms with E-state index in [-0.39, 0.29) is 0 Å². The van der Waals surface area contributed by atoms with E-state index in [1.54, 1.807) is 24.3 Å². The zero-order valence-electron chi connectivity index (χ0n) is 9.47. The van der Waals surface area contributed by atoms with Crippen LogP contribution in [-0.2, 0) is 9.59 Å². The number of benzene rings is 1. The van der Waals surface area contributed by atoms with Crippen LogP contribution < -0.4 is 9.64 Å². The lowest BCUT2D eigenvalue weighted by atomic mass is 10.3. The lowest BCUT2D eigenvalue weighted by Crippen LogP contribution is -2.30. The van der Waals surface area contributed by atoms with Gasteiger partial charge in [0, 0.05) is 12.7 Å². The van der Waals surface area contributed by atoms with Gasteiger partial charge in [0.25, 0.3) is 5.91 Å². The van der Waals surface area contributed by atoms with Gasteiger partial charge in [-0.05, 0) is 24.3 Å². The fraction of sp³-hybridized carbons (Fsp3) is 0.273. The number of nitrogens with zero attached hydrogens (tertiary/aromatic N) is 1. The van der Waals surface area contributed by atoms with Crippen molar-refractivity contribution in [3.8, 4) is 5.75 Å². The summed E-state index contributed by atoms with van der Waals surface area (Å²) < 4.78 is 4.95. The van der Waals surface area contributed by atoms with Crippen LogP contribution in [0.1, 0.15) is 0 Å². The molecule has 0 saturated carbocycles. The van der Waals surface area contributed by atoms with Crippen molar-refractivity contribution in [1.82, 2.24) is 0 Å². The first kappa shape index (κ1) is 14.6. The minimum absolute atomic E-state index is 0.398. The van der Waals surface area contributed by atoms with Crippen molar-refractivity contribution < 1.29 is 19.4 Å². The summed E-state index contributed by atoms with van der Waals surface area (Å²) in [5, 5.41) is 8.44. The second-order valence-electron chi connectivity index (χ2n) is 3.37. The van der Waals surface area contributed by atoms with Gasteiger partial charge in [0.15, 0.2) is 11.4 Å². The van der Waals surface area contributed by atoms with Crippen molar-refractivity contribution in [1.29, 1.82) is 0 Å². The largest absolute Gasteiger partial charge is 0.482 e. The van der Waals surface area contributed by atoms with Crippen LogP contribution in [-0.4, -0.2) is 35.5 Å². The average molecular weight is 292 g/mol. The topological polar surface area (TPSA) is 66.8 Å². The van der Waals surface area contributed by atoms with Crippen molar-refractivity contribution in [3.05, 3.63) is 24.3 Å². The Morgan fingerprint density at radius 1 is 1.33 bits per heavy atom. The van der Waals surface area contributed by atoms with Crippen molar-refractivity contribution in [2.24, 2.45) is 0 Å². The first-order chi connectivity index (χ1) is 8.41. The van der Waals surface area contributed by atoms with E-state index in [4.69, 9.17) is 33.0 Å². The molecule has 1 rings (SSSR count). The van der Waals surface area contributed by atoms with E-state index < -0.39 is 23.3 Å². The van der Waals surface area contributed by atoms with Crippen LogP contribution in [0.5, 0.6) is 5.75 Å². The summed E-state index contributed by atoms with van der Waals surface area (Å²) in [6, 6.07) is 6.32. The molecule has 0 heterocycles. The zero-order chi connectivity index (χ0) is 13.7. The maximum absolute atomic E-state index is 11.5. The fourth-order valence-corrected chi connectivity index (χ4v) is 1.48. The monoisotopic (exact) mass is 291 g/mol. The quantitative estimate of drug-likeness (QED) is 0.842. The summed E-state index contributed by atoms with van der Waals surface area (Å²) in [6.07, 6.45) is 0. The van der Waals surface area contributed by atoms with E-state index in [9.17, 15) is 9.59 Å². The number of aliphatic carboxylic acids is 1.